The van der Waals surface area contributed by atoms with Crippen molar-refractivity contribution in [1.82, 2.24) is 0 Å². The lowest BCUT2D eigenvalue weighted by Crippen LogP contribution is -2.29. The molecule has 90 valence electrons. The van der Waals surface area contributed by atoms with Crippen LogP contribution >= 0.6 is 0 Å². The van der Waals surface area contributed by atoms with Crippen LogP contribution in [0.15, 0.2) is 12.1 Å². The number of nitrogens with zero attached hydrogens (tertiary/aromatic N) is 2. The number of nitrogens with two attached hydrogens (primary N) is 1. The summed E-state index contributed by atoms with van der Waals surface area (Å²) >= 11 is 0. The minimum absolute atomic E-state index is 0.0350. The molecule has 2 rings (SSSR count). The molecule has 0 heterocycles. The van der Waals surface area contributed by atoms with Crippen LogP contribution in [0, 0.1) is 21.3 Å². The molecule has 0 bridgehead atoms. The zero-order valence-electron chi connectivity index (χ0n) is 8.89. The highest BCUT2D eigenvalue weighted by Gasteiger charge is 2.30. The van der Waals surface area contributed by atoms with Crippen LogP contribution in [0.4, 0.5) is 15.8 Å². The first-order valence-electron chi connectivity index (χ1n) is 5.07. The van der Waals surface area contributed by atoms with E-state index in [0.717, 1.165) is 23.9 Å². The van der Waals surface area contributed by atoms with Gasteiger partial charge < -0.3 is 0 Å². The van der Waals surface area contributed by atoms with Crippen LogP contribution in [0.1, 0.15) is 24.3 Å². The Balaban J connectivity index is 2.56. The minimum Gasteiger partial charge on any atom is -0.290 e. The molecule has 0 unspecified atom stereocenters. The molecule has 3 N–H and O–H groups in total. The molecule has 0 spiro atoms. The lowest BCUT2D eigenvalue weighted by Gasteiger charge is -2.14. The fourth-order valence-corrected chi connectivity index (χ4v) is 1.67. The average Bonchev–Trinajstić information content (AvgIpc) is 3.12. The maximum atomic E-state index is 14.0. The smallest absolute Gasteiger partial charge is 0.272 e. The molecule has 0 amide bonds. The monoisotopic (exact) mass is 238 g/mol. The lowest BCUT2D eigenvalue weighted by atomic mass is 10.1. The van der Waals surface area contributed by atoms with E-state index < -0.39 is 10.7 Å². The molecule has 6 nitrogen and oxygen atoms in total. The lowest BCUT2D eigenvalue weighted by molar-refractivity contribution is -0.384. The van der Waals surface area contributed by atoms with Crippen LogP contribution in [-0.2, 0) is 0 Å². The highest BCUT2D eigenvalue weighted by atomic mass is 19.1. The van der Waals surface area contributed by atoms with Crippen molar-refractivity contribution in [2.45, 2.75) is 18.8 Å². The first-order valence-corrected chi connectivity index (χ1v) is 5.07. The van der Waals surface area contributed by atoms with Gasteiger partial charge in [0.15, 0.2) is 5.82 Å². The Morgan fingerprint density at radius 2 is 2.24 bits per heavy atom. The highest BCUT2D eigenvalue weighted by molar-refractivity contribution is 5.77. The number of non-ortho nitro benzene ring substituents is 1. The first-order chi connectivity index (χ1) is 8.04. The molecule has 0 radical (unpaired) electrons. The zero-order chi connectivity index (χ0) is 12.6. The van der Waals surface area contributed by atoms with E-state index >= 15 is 0 Å². The SMILES string of the molecule is N=CN(N)c1cc([N+](=O)[O-])cc(C2CC2)c1F. The summed E-state index contributed by atoms with van der Waals surface area (Å²) in [5, 5.41) is 18.4. The first kappa shape index (κ1) is 11.5. The van der Waals surface area contributed by atoms with Gasteiger partial charge in [0.25, 0.3) is 5.69 Å². The number of benzene rings is 1. The van der Waals surface area contributed by atoms with Gasteiger partial charge in [0.2, 0.25) is 0 Å². The second kappa shape index (κ2) is 4.10. The number of hydrogen-bond acceptors (Lipinski definition) is 4. The molecule has 1 aromatic rings. The molecule has 1 aliphatic carbocycles. The summed E-state index contributed by atoms with van der Waals surface area (Å²) in [6, 6.07) is 2.28. The van der Waals surface area contributed by atoms with Crippen molar-refractivity contribution in [3.8, 4) is 0 Å². The van der Waals surface area contributed by atoms with E-state index in [1.165, 1.54) is 6.07 Å². The van der Waals surface area contributed by atoms with Crippen LogP contribution in [0.3, 0.4) is 0 Å². The number of nitrogens with one attached hydrogen (secondary N) is 1. The molecule has 1 aliphatic rings. The average molecular weight is 238 g/mol. The van der Waals surface area contributed by atoms with Gasteiger partial charge >= 0.3 is 0 Å². The van der Waals surface area contributed by atoms with Crippen molar-refractivity contribution < 1.29 is 9.31 Å². The van der Waals surface area contributed by atoms with Gasteiger partial charge in [0, 0.05) is 12.1 Å². The third-order valence-electron chi connectivity index (χ3n) is 2.71. The molecule has 1 aromatic carbocycles. The van der Waals surface area contributed by atoms with E-state index in [9.17, 15) is 14.5 Å². The molecule has 0 saturated heterocycles. The molecule has 0 aliphatic heterocycles. The maximum Gasteiger partial charge on any atom is 0.272 e. The van der Waals surface area contributed by atoms with Crippen LogP contribution < -0.4 is 10.9 Å². The number of hydrazine groups is 1. The fraction of sp³-hybridized carbons (Fsp3) is 0.300. The Kier molecular flexibility index (Phi) is 2.76. The number of halogens is 1. The quantitative estimate of drug-likeness (QED) is 0.275. The van der Waals surface area contributed by atoms with E-state index in [-0.39, 0.29) is 17.3 Å². The van der Waals surface area contributed by atoms with Gasteiger partial charge in [0.05, 0.1) is 4.92 Å². The van der Waals surface area contributed by atoms with Crippen LogP contribution in [0.25, 0.3) is 0 Å². The summed E-state index contributed by atoms with van der Waals surface area (Å²) in [7, 11) is 0. The van der Waals surface area contributed by atoms with Crippen molar-refractivity contribution in [1.29, 1.82) is 5.41 Å². The molecule has 17 heavy (non-hydrogen) atoms. The van der Waals surface area contributed by atoms with Crippen LogP contribution in [-0.4, -0.2) is 11.3 Å². The van der Waals surface area contributed by atoms with Crippen molar-refractivity contribution in [3.05, 3.63) is 33.6 Å². The van der Waals surface area contributed by atoms with Gasteiger partial charge in [-0.2, -0.15) is 0 Å². The third kappa shape index (κ3) is 2.09. The van der Waals surface area contributed by atoms with Gasteiger partial charge in [-0.05, 0) is 24.3 Å². The van der Waals surface area contributed by atoms with E-state index in [4.69, 9.17) is 11.3 Å². The van der Waals surface area contributed by atoms with Gasteiger partial charge in [-0.15, -0.1) is 0 Å². The van der Waals surface area contributed by atoms with Gasteiger partial charge in [-0.1, -0.05) is 0 Å². The largest absolute Gasteiger partial charge is 0.290 e. The summed E-state index contributed by atoms with van der Waals surface area (Å²) in [6.07, 6.45) is 2.36. The summed E-state index contributed by atoms with van der Waals surface area (Å²) in [5.74, 6) is 4.84. The fourth-order valence-electron chi connectivity index (χ4n) is 1.67. The molecule has 7 heteroatoms. The predicted octanol–water partition coefficient (Wildman–Crippen LogP) is 1.90. The van der Waals surface area contributed by atoms with E-state index in [0.29, 0.717) is 11.9 Å². The Bertz CT molecular complexity index is 487. The Morgan fingerprint density at radius 3 is 2.71 bits per heavy atom. The third-order valence-corrected chi connectivity index (χ3v) is 2.71. The molecule has 0 atom stereocenters. The van der Waals surface area contributed by atoms with E-state index in [1.807, 2.05) is 0 Å². The Hall–Kier alpha value is -2.02. The summed E-state index contributed by atoms with van der Waals surface area (Å²) in [6.45, 7) is 0. The van der Waals surface area contributed by atoms with Crippen LogP contribution in [0.5, 0.6) is 0 Å². The molecular formula is C10H11FN4O2. The van der Waals surface area contributed by atoms with Crippen molar-refractivity contribution in [2.75, 3.05) is 5.01 Å². The number of hydrogen-bond donors (Lipinski definition) is 2. The van der Waals surface area contributed by atoms with Crippen molar-refractivity contribution >= 4 is 17.7 Å². The second-order valence-corrected chi connectivity index (χ2v) is 3.94. The maximum absolute atomic E-state index is 14.0. The highest BCUT2D eigenvalue weighted by Crippen LogP contribution is 2.44. The standard InChI is InChI=1S/C10H11FN4O2/c11-10-8(6-1-2-6)3-7(15(16)17)4-9(10)14(13)5-12/h3-6,12H,1-2,13H2. The molecular weight excluding hydrogens is 227 g/mol. The van der Waals surface area contributed by atoms with E-state index in [2.05, 4.69) is 0 Å². The van der Waals surface area contributed by atoms with Gasteiger partial charge in [0.1, 0.15) is 12.0 Å². The summed E-state index contributed by atoms with van der Waals surface area (Å²) < 4.78 is 14.0. The van der Waals surface area contributed by atoms with Crippen molar-refractivity contribution in [2.24, 2.45) is 5.84 Å². The number of nitro groups is 1. The van der Waals surface area contributed by atoms with Crippen LogP contribution in [0.2, 0.25) is 0 Å². The predicted molar refractivity (Wildman–Crippen MR) is 60.5 cm³/mol. The second-order valence-electron chi connectivity index (χ2n) is 3.94. The Labute approximate surface area is 96.5 Å². The number of nitro benzene ring substituents is 1. The summed E-state index contributed by atoms with van der Waals surface area (Å²) in [4.78, 5) is 10.1. The zero-order valence-corrected chi connectivity index (χ0v) is 8.89. The van der Waals surface area contributed by atoms with Gasteiger partial charge in [-0.3, -0.25) is 20.5 Å². The minimum atomic E-state index is -0.591. The molecule has 0 aromatic heterocycles. The normalized spacial score (nSPS) is 14.5. The number of rotatable bonds is 4. The van der Waals surface area contributed by atoms with Gasteiger partial charge in [-0.25, -0.2) is 10.2 Å². The summed E-state index contributed by atoms with van der Waals surface area (Å²) in [5.41, 5.74) is -0.0387. The Morgan fingerprint density at radius 1 is 1.59 bits per heavy atom. The molecule has 1 saturated carbocycles. The van der Waals surface area contributed by atoms with Crippen molar-refractivity contribution in [3.63, 3.8) is 0 Å². The topological polar surface area (TPSA) is 96.2 Å². The molecule has 1 fully saturated rings. The number of anilines is 1. The van der Waals surface area contributed by atoms with E-state index in [1.54, 1.807) is 0 Å².